The topological polar surface area (TPSA) is 55.4 Å². The zero-order valence-electron chi connectivity index (χ0n) is 20.1. The first-order valence-corrected chi connectivity index (χ1v) is 13.2. The third-order valence-corrected chi connectivity index (χ3v) is 8.61. The van der Waals surface area contributed by atoms with E-state index in [4.69, 9.17) is 4.74 Å². The van der Waals surface area contributed by atoms with Gasteiger partial charge in [-0.15, -0.1) is 0 Å². The molecule has 0 heterocycles. The van der Waals surface area contributed by atoms with Crippen LogP contribution < -0.4 is 10.1 Å². The van der Waals surface area contributed by atoms with Gasteiger partial charge in [-0.2, -0.15) is 0 Å². The molecule has 0 spiro atoms. The van der Waals surface area contributed by atoms with E-state index in [9.17, 15) is 9.59 Å². The fourth-order valence-corrected chi connectivity index (χ4v) is 7.03. The van der Waals surface area contributed by atoms with Gasteiger partial charge in [0, 0.05) is 13.0 Å². The van der Waals surface area contributed by atoms with Crippen LogP contribution in [-0.4, -0.2) is 18.2 Å². The van der Waals surface area contributed by atoms with E-state index < -0.39 is 5.91 Å². The first-order valence-electron chi connectivity index (χ1n) is 13.2. The molecule has 3 bridgehead atoms. The average molecular weight is 460 g/mol. The summed E-state index contributed by atoms with van der Waals surface area (Å²) < 4.78 is 5.83. The highest BCUT2D eigenvalue weighted by Crippen LogP contribution is 2.61. The molecule has 2 aromatic rings. The Labute approximate surface area is 203 Å². The molecular weight excluding hydrogens is 422 g/mol. The van der Waals surface area contributed by atoms with Crippen molar-refractivity contribution in [3.8, 4) is 5.75 Å². The lowest BCUT2D eigenvalue weighted by molar-refractivity contribution is -0.138. The molecule has 180 valence electrons. The summed E-state index contributed by atoms with van der Waals surface area (Å²) in [6.07, 6.45) is 11.5. The lowest BCUT2D eigenvalue weighted by Crippen LogP contribution is -2.34. The van der Waals surface area contributed by atoms with Gasteiger partial charge in [0.05, 0.1) is 0 Å². The second kappa shape index (κ2) is 10.3. The minimum atomic E-state index is -0.412. The SMILES string of the molecule is O=C(CCC12CC3CCCC(C1)C(C3)C2)C(=O)NCCc1ccc(OCc2ccccc2)cc1. The smallest absolute Gasteiger partial charge is 0.287 e. The summed E-state index contributed by atoms with van der Waals surface area (Å²) in [5.74, 6) is 2.81. The van der Waals surface area contributed by atoms with E-state index in [1.165, 1.54) is 44.9 Å². The molecule has 1 N–H and O–H groups in total. The summed E-state index contributed by atoms with van der Waals surface area (Å²) in [5, 5.41) is 2.84. The number of Topliss-reactive ketones (excluding diaryl/α,β-unsaturated/α-hetero) is 1. The van der Waals surface area contributed by atoms with Crippen LogP contribution in [0.1, 0.15) is 68.9 Å². The van der Waals surface area contributed by atoms with E-state index in [1.807, 2.05) is 54.6 Å². The molecule has 4 heteroatoms. The standard InChI is InChI=1S/C30H37NO3/c32-28(13-15-30-18-24-7-4-8-25(19-30)26(17-24)20-30)29(33)31-16-14-22-9-11-27(12-10-22)34-21-23-5-2-1-3-6-23/h1-3,5-6,9-12,24-26H,4,7-8,13-21H2,(H,31,33). The predicted octanol–water partition coefficient (Wildman–Crippen LogP) is 5.88. The van der Waals surface area contributed by atoms with Crippen LogP contribution in [0.25, 0.3) is 0 Å². The molecule has 3 aliphatic rings. The molecule has 1 amide bonds. The first-order chi connectivity index (χ1) is 16.6. The number of hydrogen-bond donors (Lipinski definition) is 1. The Hall–Kier alpha value is -2.62. The van der Waals surface area contributed by atoms with Crippen molar-refractivity contribution in [2.75, 3.05) is 6.54 Å². The molecular formula is C30H37NO3. The van der Waals surface area contributed by atoms with Gasteiger partial charge in [-0.3, -0.25) is 9.59 Å². The first kappa shape index (κ1) is 23.1. The molecule has 0 saturated heterocycles. The van der Waals surface area contributed by atoms with Crippen molar-refractivity contribution in [2.24, 2.45) is 23.2 Å². The van der Waals surface area contributed by atoms with Crippen molar-refractivity contribution >= 4 is 11.7 Å². The number of nitrogens with one attached hydrogen (secondary N) is 1. The van der Waals surface area contributed by atoms with E-state index in [1.54, 1.807) is 0 Å². The summed E-state index contributed by atoms with van der Waals surface area (Å²) in [6, 6.07) is 18.0. The fourth-order valence-electron chi connectivity index (χ4n) is 7.03. The van der Waals surface area contributed by atoms with Crippen LogP contribution in [0, 0.1) is 23.2 Å². The maximum Gasteiger partial charge on any atom is 0.287 e. The van der Waals surface area contributed by atoms with Crippen molar-refractivity contribution in [3.05, 3.63) is 65.7 Å². The summed E-state index contributed by atoms with van der Waals surface area (Å²) in [7, 11) is 0. The number of amides is 1. The second-order valence-corrected chi connectivity index (χ2v) is 11.0. The van der Waals surface area contributed by atoms with Crippen LogP contribution in [0.3, 0.4) is 0 Å². The Morgan fingerprint density at radius 1 is 0.912 bits per heavy atom. The highest BCUT2D eigenvalue weighted by Gasteiger charge is 2.51. The number of ketones is 1. The van der Waals surface area contributed by atoms with E-state index in [2.05, 4.69) is 5.32 Å². The van der Waals surface area contributed by atoms with Gasteiger partial charge in [-0.05, 0) is 85.0 Å². The summed E-state index contributed by atoms with van der Waals surface area (Å²) in [5.41, 5.74) is 2.60. The third-order valence-electron chi connectivity index (χ3n) is 8.61. The Balaban J connectivity index is 1.02. The Kier molecular flexibility index (Phi) is 7.03. The van der Waals surface area contributed by atoms with Gasteiger partial charge in [0.25, 0.3) is 5.91 Å². The molecule has 0 radical (unpaired) electrons. The van der Waals surface area contributed by atoms with Crippen LogP contribution in [0.2, 0.25) is 0 Å². The van der Waals surface area contributed by atoms with Gasteiger partial charge in [0.2, 0.25) is 5.78 Å². The summed E-state index contributed by atoms with van der Waals surface area (Å²) in [4.78, 5) is 24.9. The number of hydrogen-bond acceptors (Lipinski definition) is 3. The number of benzene rings is 2. The fraction of sp³-hybridized carbons (Fsp3) is 0.533. The molecule has 4 nitrogen and oxygen atoms in total. The molecule has 2 aromatic carbocycles. The van der Waals surface area contributed by atoms with Crippen molar-refractivity contribution in [2.45, 2.75) is 70.8 Å². The van der Waals surface area contributed by atoms with Gasteiger partial charge in [-0.1, -0.05) is 61.7 Å². The molecule has 3 saturated carbocycles. The third kappa shape index (κ3) is 5.54. The minimum Gasteiger partial charge on any atom is -0.489 e. The van der Waals surface area contributed by atoms with Gasteiger partial charge < -0.3 is 10.1 Å². The number of rotatable bonds is 10. The van der Waals surface area contributed by atoms with Crippen LogP contribution in [0.15, 0.2) is 54.6 Å². The molecule has 0 aliphatic heterocycles. The highest BCUT2D eigenvalue weighted by molar-refractivity contribution is 6.36. The largest absolute Gasteiger partial charge is 0.489 e. The van der Waals surface area contributed by atoms with Crippen LogP contribution in [0.5, 0.6) is 5.75 Å². The van der Waals surface area contributed by atoms with Crippen molar-refractivity contribution in [1.82, 2.24) is 5.32 Å². The lowest BCUT2D eigenvalue weighted by atomic mass is 9.67. The molecule has 0 aromatic heterocycles. The van der Waals surface area contributed by atoms with E-state index >= 15 is 0 Å². The zero-order valence-corrected chi connectivity index (χ0v) is 20.1. The molecule has 3 fully saturated rings. The molecule has 34 heavy (non-hydrogen) atoms. The molecule has 4 unspecified atom stereocenters. The molecule has 3 aliphatic carbocycles. The van der Waals surface area contributed by atoms with Gasteiger partial charge in [-0.25, -0.2) is 0 Å². The second-order valence-electron chi connectivity index (χ2n) is 11.0. The van der Waals surface area contributed by atoms with Crippen molar-refractivity contribution < 1.29 is 14.3 Å². The van der Waals surface area contributed by atoms with Crippen LogP contribution in [-0.2, 0) is 22.6 Å². The number of fused-ring (bicyclic) bond motifs is 2. The normalized spacial score (nSPS) is 27.2. The summed E-state index contributed by atoms with van der Waals surface area (Å²) >= 11 is 0. The highest BCUT2D eigenvalue weighted by atomic mass is 16.5. The summed E-state index contributed by atoms with van der Waals surface area (Å²) in [6.45, 7) is 1.02. The molecule has 4 atom stereocenters. The van der Waals surface area contributed by atoms with Crippen LogP contribution in [0.4, 0.5) is 0 Å². The molecule has 5 rings (SSSR count). The lowest BCUT2D eigenvalue weighted by Gasteiger charge is -2.38. The maximum absolute atomic E-state index is 12.6. The van der Waals surface area contributed by atoms with E-state index in [-0.39, 0.29) is 5.78 Å². The van der Waals surface area contributed by atoms with E-state index in [0.717, 1.165) is 41.1 Å². The number of ether oxygens (including phenoxy) is 1. The van der Waals surface area contributed by atoms with Gasteiger partial charge in [0.1, 0.15) is 12.4 Å². The predicted molar refractivity (Wildman–Crippen MR) is 133 cm³/mol. The quantitative estimate of drug-likeness (QED) is 0.452. The van der Waals surface area contributed by atoms with Gasteiger partial charge in [0.15, 0.2) is 0 Å². The number of carbonyl (C=O) groups is 2. The zero-order chi connectivity index (χ0) is 23.4. The van der Waals surface area contributed by atoms with Crippen molar-refractivity contribution in [1.29, 1.82) is 0 Å². The monoisotopic (exact) mass is 459 g/mol. The Bertz CT molecular complexity index is 982. The van der Waals surface area contributed by atoms with E-state index in [0.29, 0.717) is 31.4 Å². The number of carbonyl (C=O) groups excluding carboxylic acids is 2. The van der Waals surface area contributed by atoms with Gasteiger partial charge >= 0.3 is 0 Å². The Morgan fingerprint density at radius 3 is 2.53 bits per heavy atom. The van der Waals surface area contributed by atoms with Crippen molar-refractivity contribution in [3.63, 3.8) is 0 Å². The van der Waals surface area contributed by atoms with Crippen LogP contribution >= 0.6 is 0 Å². The minimum absolute atomic E-state index is 0.238. The average Bonchev–Trinajstić information content (AvgIpc) is 3.02. The Morgan fingerprint density at radius 2 is 1.71 bits per heavy atom. The maximum atomic E-state index is 12.6.